The van der Waals surface area contributed by atoms with Gasteiger partial charge in [-0.25, -0.2) is 0 Å². The fraction of sp³-hybridized carbons (Fsp3) is 0.917. The quantitative estimate of drug-likeness (QED) is 0.195. The first-order valence-electron chi connectivity index (χ1n) is 12.1. The summed E-state index contributed by atoms with van der Waals surface area (Å²) in [4.78, 5) is 23.1. The second kappa shape index (κ2) is 21.1. The van der Waals surface area contributed by atoms with Gasteiger partial charge in [0.2, 0.25) is 0 Å². The molecule has 1 atom stereocenters. The fourth-order valence-electron chi connectivity index (χ4n) is 3.56. The van der Waals surface area contributed by atoms with Crippen LogP contribution in [0.15, 0.2) is 0 Å². The van der Waals surface area contributed by atoms with E-state index in [0.29, 0.717) is 6.42 Å². The Balaban J connectivity index is 3.72. The molecule has 30 heavy (non-hydrogen) atoms. The highest BCUT2D eigenvalue weighted by Gasteiger charge is 2.20. The number of carbonyl (C=O) groups is 2. The van der Waals surface area contributed by atoms with E-state index in [1.807, 2.05) is 0 Å². The maximum atomic E-state index is 11.9. The lowest BCUT2D eigenvalue weighted by molar-refractivity contribution is -0.160. The Bertz CT molecular complexity index is 409. The van der Waals surface area contributed by atoms with Crippen LogP contribution in [0.1, 0.15) is 117 Å². The van der Waals surface area contributed by atoms with Crippen LogP contribution in [0, 0.1) is 0 Å². The van der Waals surface area contributed by atoms with E-state index in [1.54, 1.807) is 0 Å². The van der Waals surface area contributed by atoms with Gasteiger partial charge in [0.25, 0.3) is 0 Å². The van der Waals surface area contributed by atoms with Crippen LogP contribution >= 0.6 is 0 Å². The normalized spacial score (nSPS) is 12.2. The van der Waals surface area contributed by atoms with Gasteiger partial charge in [0.15, 0.2) is 0 Å². The van der Waals surface area contributed by atoms with E-state index in [2.05, 4.69) is 6.92 Å². The van der Waals surface area contributed by atoms with Crippen molar-refractivity contribution < 1.29 is 29.3 Å². The summed E-state index contributed by atoms with van der Waals surface area (Å²) >= 11 is 0. The van der Waals surface area contributed by atoms with E-state index in [9.17, 15) is 9.59 Å². The third-order valence-corrected chi connectivity index (χ3v) is 5.31. The van der Waals surface area contributed by atoms with Gasteiger partial charge in [-0.2, -0.15) is 0 Å². The van der Waals surface area contributed by atoms with Crippen molar-refractivity contribution in [1.29, 1.82) is 0 Å². The molecule has 2 N–H and O–H groups in total. The molecular formula is C24H46O6. The van der Waals surface area contributed by atoms with Crippen LogP contribution in [0.3, 0.4) is 0 Å². The standard InChI is InChI=1S/C24H46O6/c1-3-4-5-6-7-8-9-10-11-12-13-14-15-16-17-22(29-21(2)27)18-24(28)30-23(19-25)20-26/h22-23,25-26H,3-20H2,1-2H3/t22-/m1/s1. The molecule has 0 heterocycles. The lowest BCUT2D eigenvalue weighted by atomic mass is 10.0. The fourth-order valence-corrected chi connectivity index (χ4v) is 3.56. The van der Waals surface area contributed by atoms with Crippen molar-refractivity contribution in [3.63, 3.8) is 0 Å². The molecule has 0 amide bonds. The second-order valence-electron chi connectivity index (χ2n) is 8.30. The van der Waals surface area contributed by atoms with Gasteiger partial charge in [-0.15, -0.1) is 0 Å². The van der Waals surface area contributed by atoms with Gasteiger partial charge in [-0.3, -0.25) is 9.59 Å². The summed E-state index contributed by atoms with van der Waals surface area (Å²) in [5.74, 6) is -0.987. The van der Waals surface area contributed by atoms with Crippen LogP contribution < -0.4 is 0 Å². The molecule has 0 aliphatic rings. The molecule has 0 unspecified atom stereocenters. The Hall–Kier alpha value is -1.14. The van der Waals surface area contributed by atoms with E-state index in [1.165, 1.54) is 77.6 Å². The molecule has 0 fully saturated rings. The zero-order valence-corrected chi connectivity index (χ0v) is 19.4. The molecule has 0 saturated carbocycles. The Morgan fingerprint density at radius 3 is 1.50 bits per heavy atom. The van der Waals surface area contributed by atoms with Crippen molar-refractivity contribution >= 4 is 11.9 Å². The third kappa shape index (κ3) is 18.9. The van der Waals surface area contributed by atoms with Crippen LogP contribution in [-0.4, -0.2) is 47.6 Å². The molecule has 0 spiro atoms. The van der Waals surface area contributed by atoms with Crippen LogP contribution in [0.25, 0.3) is 0 Å². The predicted molar refractivity (Wildman–Crippen MR) is 119 cm³/mol. The minimum absolute atomic E-state index is 0.0471. The molecule has 0 aromatic rings. The summed E-state index contributed by atoms with van der Waals surface area (Å²) in [6.07, 6.45) is 17.0. The highest BCUT2D eigenvalue weighted by atomic mass is 16.6. The van der Waals surface area contributed by atoms with Gasteiger partial charge in [-0.1, -0.05) is 90.4 Å². The van der Waals surface area contributed by atoms with E-state index in [0.717, 1.165) is 19.3 Å². The Morgan fingerprint density at radius 2 is 1.10 bits per heavy atom. The van der Waals surface area contributed by atoms with Crippen molar-refractivity contribution in [1.82, 2.24) is 0 Å². The number of ether oxygens (including phenoxy) is 2. The molecule has 0 bridgehead atoms. The summed E-state index contributed by atoms with van der Waals surface area (Å²) in [6, 6.07) is 0. The minimum Gasteiger partial charge on any atom is -0.462 e. The lowest BCUT2D eigenvalue weighted by Crippen LogP contribution is -2.29. The van der Waals surface area contributed by atoms with Gasteiger partial charge in [0.1, 0.15) is 12.2 Å². The van der Waals surface area contributed by atoms with Gasteiger partial charge in [-0.05, 0) is 12.8 Å². The summed E-state index contributed by atoms with van der Waals surface area (Å²) < 4.78 is 10.2. The number of rotatable bonds is 21. The Labute approximate surface area is 183 Å². The largest absolute Gasteiger partial charge is 0.462 e. The van der Waals surface area contributed by atoms with Crippen molar-refractivity contribution in [2.75, 3.05) is 13.2 Å². The van der Waals surface area contributed by atoms with E-state index in [4.69, 9.17) is 19.7 Å². The number of hydrogen-bond acceptors (Lipinski definition) is 6. The van der Waals surface area contributed by atoms with Crippen molar-refractivity contribution in [3.05, 3.63) is 0 Å². The summed E-state index contributed by atoms with van der Waals surface area (Å²) in [7, 11) is 0. The zero-order valence-electron chi connectivity index (χ0n) is 19.4. The highest BCUT2D eigenvalue weighted by Crippen LogP contribution is 2.16. The number of unbranched alkanes of at least 4 members (excludes halogenated alkanes) is 13. The smallest absolute Gasteiger partial charge is 0.309 e. The van der Waals surface area contributed by atoms with Gasteiger partial charge in [0.05, 0.1) is 19.6 Å². The van der Waals surface area contributed by atoms with Crippen LogP contribution in [0.4, 0.5) is 0 Å². The molecule has 6 nitrogen and oxygen atoms in total. The topological polar surface area (TPSA) is 93.1 Å². The summed E-state index contributed by atoms with van der Waals surface area (Å²) in [5, 5.41) is 18.0. The minimum atomic E-state index is -0.920. The number of aliphatic hydroxyl groups excluding tert-OH is 2. The van der Waals surface area contributed by atoms with Crippen molar-refractivity contribution in [2.24, 2.45) is 0 Å². The average molecular weight is 431 g/mol. The maximum absolute atomic E-state index is 11.9. The number of hydrogen-bond donors (Lipinski definition) is 2. The molecule has 0 aliphatic heterocycles. The number of esters is 2. The third-order valence-electron chi connectivity index (χ3n) is 5.31. The van der Waals surface area contributed by atoms with Gasteiger partial charge >= 0.3 is 11.9 Å². The van der Waals surface area contributed by atoms with Crippen LogP contribution in [-0.2, 0) is 19.1 Å². The van der Waals surface area contributed by atoms with E-state index in [-0.39, 0.29) is 6.42 Å². The molecule has 0 aromatic heterocycles. The summed E-state index contributed by atoms with van der Waals surface area (Å²) in [5.41, 5.74) is 0. The first kappa shape index (κ1) is 28.9. The summed E-state index contributed by atoms with van der Waals surface area (Å²) in [6.45, 7) is 2.72. The van der Waals surface area contributed by atoms with E-state index >= 15 is 0 Å². The monoisotopic (exact) mass is 430 g/mol. The van der Waals surface area contributed by atoms with Gasteiger partial charge in [0, 0.05) is 6.92 Å². The molecule has 0 rings (SSSR count). The molecule has 178 valence electrons. The number of carbonyl (C=O) groups excluding carboxylic acids is 2. The van der Waals surface area contributed by atoms with Crippen LogP contribution in [0.5, 0.6) is 0 Å². The average Bonchev–Trinajstić information content (AvgIpc) is 2.71. The van der Waals surface area contributed by atoms with Crippen LogP contribution in [0.2, 0.25) is 0 Å². The second-order valence-corrected chi connectivity index (χ2v) is 8.30. The lowest BCUT2D eigenvalue weighted by Gasteiger charge is -2.18. The molecule has 0 radical (unpaired) electrons. The molecule has 0 saturated heterocycles. The first-order valence-corrected chi connectivity index (χ1v) is 12.1. The maximum Gasteiger partial charge on any atom is 0.309 e. The molecule has 0 aromatic carbocycles. The van der Waals surface area contributed by atoms with E-state index < -0.39 is 37.4 Å². The Kier molecular flexibility index (Phi) is 20.3. The zero-order chi connectivity index (χ0) is 22.5. The van der Waals surface area contributed by atoms with Crippen molar-refractivity contribution in [2.45, 2.75) is 129 Å². The first-order chi connectivity index (χ1) is 14.5. The van der Waals surface area contributed by atoms with Crippen molar-refractivity contribution in [3.8, 4) is 0 Å². The Morgan fingerprint density at radius 1 is 0.667 bits per heavy atom. The SMILES string of the molecule is CCCCCCCCCCCCCCCC[C@H](CC(=O)OC(CO)CO)OC(C)=O. The molecule has 0 aliphatic carbocycles. The number of aliphatic hydroxyl groups is 2. The molecule has 6 heteroatoms. The van der Waals surface area contributed by atoms with Gasteiger partial charge < -0.3 is 19.7 Å². The molecular weight excluding hydrogens is 384 g/mol. The highest BCUT2D eigenvalue weighted by molar-refractivity contribution is 5.71. The predicted octanol–water partition coefficient (Wildman–Crippen LogP) is 5.08.